The van der Waals surface area contributed by atoms with Crippen molar-refractivity contribution in [2.45, 2.75) is 39.0 Å². The fraction of sp³-hybridized carbons (Fsp3) is 0.688. The number of hydrogen-bond donors (Lipinski definition) is 5. The number of aliphatic carboxylic acids is 2. The van der Waals surface area contributed by atoms with E-state index < -0.39 is 43.1 Å². The van der Waals surface area contributed by atoms with Crippen LogP contribution in [0.1, 0.15) is 39.0 Å². The maximum absolute atomic E-state index is 11.0. The van der Waals surface area contributed by atoms with Crippen LogP contribution in [0.4, 0.5) is 0 Å². The van der Waals surface area contributed by atoms with Crippen molar-refractivity contribution < 1.29 is 44.7 Å². The Kier molecular flexibility index (Phi) is 20.0. The quantitative estimate of drug-likeness (QED) is 0.129. The van der Waals surface area contributed by atoms with Gasteiger partial charge >= 0.3 is 47.5 Å². The van der Waals surface area contributed by atoms with Crippen LogP contribution < -0.4 is 0 Å². The van der Waals surface area contributed by atoms with Gasteiger partial charge in [-0.15, -0.1) is 0 Å². The summed E-state index contributed by atoms with van der Waals surface area (Å²) in [7, 11) is 0. The molecule has 0 aromatic heterocycles. The Morgan fingerprint density at radius 1 is 0.885 bits per heavy atom. The molecule has 0 aliphatic carbocycles. The molecule has 0 unspecified atom stereocenters. The summed E-state index contributed by atoms with van der Waals surface area (Å²) in [5.74, 6) is -2.25. The Labute approximate surface area is 175 Å². The molecule has 0 aromatic carbocycles. The van der Waals surface area contributed by atoms with E-state index in [1.54, 1.807) is 0 Å². The standard InChI is InChI=1S/C9H16O5.C7H12O4.Na.H/c1-7(2)8(13)14-6-9(3-10,4-11)5-12;8-6(9)4-2-1-3-5-7(10)11;;/h10-12H,1,3-6H2,2H3;1-5H2,(H,8,9)(H,10,11);;. The average Bonchev–Trinajstić information content (AvgIpc) is 2.56. The van der Waals surface area contributed by atoms with Crippen molar-refractivity contribution in [3.8, 4) is 0 Å². The molecule has 26 heavy (non-hydrogen) atoms. The second-order valence-electron chi connectivity index (χ2n) is 5.68. The molecular weight excluding hydrogens is 359 g/mol. The molecule has 0 bridgehead atoms. The van der Waals surface area contributed by atoms with Gasteiger partial charge < -0.3 is 30.3 Å². The van der Waals surface area contributed by atoms with E-state index in [0.717, 1.165) is 0 Å². The van der Waals surface area contributed by atoms with E-state index in [4.69, 9.17) is 30.3 Å². The van der Waals surface area contributed by atoms with Gasteiger partial charge in [-0.1, -0.05) is 13.0 Å². The van der Waals surface area contributed by atoms with Gasteiger partial charge in [0.1, 0.15) is 6.61 Å². The van der Waals surface area contributed by atoms with Crippen molar-refractivity contribution in [3.05, 3.63) is 12.2 Å². The van der Waals surface area contributed by atoms with Crippen molar-refractivity contribution in [2.75, 3.05) is 26.4 Å². The topological polar surface area (TPSA) is 162 Å². The first-order valence-electron chi connectivity index (χ1n) is 7.73. The first-order chi connectivity index (χ1) is 11.6. The van der Waals surface area contributed by atoms with Crippen LogP contribution >= 0.6 is 0 Å². The predicted molar refractivity (Wildman–Crippen MR) is 95.0 cm³/mol. The number of unbranched alkanes of at least 4 members (excludes halogenated alkanes) is 2. The Bertz CT molecular complexity index is 409. The zero-order valence-electron chi connectivity index (χ0n) is 14.4. The van der Waals surface area contributed by atoms with Gasteiger partial charge in [0, 0.05) is 18.4 Å². The molecule has 10 heteroatoms. The summed E-state index contributed by atoms with van der Waals surface area (Å²) in [6.45, 7) is 3.26. The number of carbonyl (C=O) groups is 3. The van der Waals surface area contributed by atoms with Crippen LogP contribution in [0.15, 0.2) is 12.2 Å². The Balaban J connectivity index is -0.000000402. The normalized spacial score (nSPS) is 10.0. The van der Waals surface area contributed by atoms with E-state index in [1.165, 1.54) is 6.92 Å². The number of aliphatic hydroxyl groups is 3. The molecule has 0 aliphatic heterocycles. The first kappa shape index (κ1) is 29.8. The summed E-state index contributed by atoms with van der Waals surface area (Å²) in [5, 5.41) is 43.1. The Morgan fingerprint density at radius 2 is 1.27 bits per heavy atom. The van der Waals surface area contributed by atoms with E-state index in [0.29, 0.717) is 19.3 Å². The van der Waals surface area contributed by atoms with Gasteiger partial charge in [-0.05, 0) is 19.8 Å². The van der Waals surface area contributed by atoms with Gasteiger partial charge in [-0.2, -0.15) is 0 Å². The van der Waals surface area contributed by atoms with Gasteiger partial charge in [0.2, 0.25) is 0 Å². The number of hydrogen-bond acceptors (Lipinski definition) is 7. The summed E-state index contributed by atoms with van der Waals surface area (Å²) < 4.78 is 4.72. The maximum atomic E-state index is 11.0. The molecule has 9 nitrogen and oxygen atoms in total. The summed E-state index contributed by atoms with van der Waals surface area (Å²) in [5.41, 5.74) is -0.946. The molecule has 0 saturated carbocycles. The molecule has 0 spiro atoms. The Morgan fingerprint density at radius 3 is 1.54 bits per heavy atom. The van der Waals surface area contributed by atoms with Crippen LogP contribution in [0.5, 0.6) is 0 Å². The van der Waals surface area contributed by atoms with Gasteiger partial charge in [0.25, 0.3) is 0 Å². The number of carbonyl (C=O) groups excluding carboxylic acids is 1. The van der Waals surface area contributed by atoms with E-state index in [-0.39, 0.29) is 54.6 Å². The molecule has 0 rings (SSSR count). The van der Waals surface area contributed by atoms with Gasteiger partial charge in [0.05, 0.1) is 25.2 Å². The van der Waals surface area contributed by atoms with Crippen molar-refractivity contribution >= 4 is 47.5 Å². The number of aliphatic hydroxyl groups excluding tert-OH is 3. The molecule has 5 N–H and O–H groups in total. The molecule has 0 heterocycles. The zero-order chi connectivity index (χ0) is 19.9. The molecular formula is C16H29NaO9. The number of carboxylic acid groups (broad SMARTS) is 2. The third-order valence-electron chi connectivity index (χ3n) is 3.15. The zero-order valence-corrected chi connectivity index (χ0v) is 14.4. The van der Waals surface area contributed by atoms with Crippen LogP contribution in [0, 0.1) is 5.41 Å². The minimum absolute atomic E-state index is 0. The fourth-order valence-corrected chi connectivity index (χ4v) is 1.36. The van der Waals surface area contributed by atoms with Gasteiger partial charge in [-0.3, -0.25) is 9.59 Å². The predicted octanol–water partition coefficient (Wildman–Crippen LogP) is -0.473. The van der Waals surface area contributed by atoms with Crippen LogP contribution in [0.2, 0.25) is 0 Å². The van der Waals surface area contributed by atoms with Crippen molar-refractivity contribution in [1.82, 2.24) is 0 Å². The van der Waals surface area contributed by atoms with Gasteiger partial charge in [0.15, 0.2) is 0 Å². The van der Waals surface area contributed by atoms with E-state index >= 15 is 0 Å². The molecule has 0 aromatic rings. The van der Waals surface area contributed by atoms with Crippen LogP contribution in [-0.2, 0) is 19.1 Å². The molecule has 0 saturated heterocycles. The molecule has 0 radical (unpaired) electrons. The first-order valence-corrected chi connectivity index (χ1v) is 7.73. The number of carboxylic acids is 2. The van der Waals surface area contributed by atoms with Crippen molar-refractivity contribution in [3.63, 3.8) is 0 Å². The number of esters is 1. The second kappa shape index (κ2) is 17.4. The molecule has 0 fully saturated rings. The second-order valence-corrected chi connectivity index (χ2v) is 5.68. The SMILES string of the molecule is C=C(C)C(=O)OCC(CO)(CO)CO.O=C(O)CCCCCC(=O)O.[NaH]. The molecule has 148 valence electrons. The molecule has 0 atom stereocenters. The average molecular weight is 388 g/mol. The summed E-state index contributed by atoms with van der Waals surface area (Å²) in [4.78, 5) is 30.9. The van der Waals surface area contributed by atoms with Crippen molar-refractivity contribution in [1.29, 1.82) is 0 Å². The third kappa shape index (κ3) is 16.5. The van der Waals surface area contributed by atoms with Gasteiger partial charge in [-0.25, -0.2) is 4.79 Å². The van der Waals surface area contributed by atoms with E-state index in [9.17, 15) is 14.4 Å². The Hall–Kier alpha value is -0.970. The summed E-state index contributed by atoms with van der Waals surface area (Å²) in [6, 6.07) is 0. The minimum atomic E-state index is -1.18. The molecule has 0 aliphatic rings. The third-order valence-corrected chi connectivity index (χ3v) is 3.15. The number of ether oxygens (including phenoxy) is 1. The summed E-state index contributed by atoms with van der Waals surface area (Å²) >= 11 is 0. The van der Waals surface area contributed by atoms with Crippen LogP contribution in [-0.4, -0.2) is 99.4 Å². The molecule has 0 amide bonds. The number of rotatable bonds is 12. The van der Waals surface area contributed by atoms with Crippen LogP contribution in [0.3, 0.4) is 0 Å². The summed E-state index contributed by atoms with van der Waals surface area (Å²) in [6.07, 6.45) is 2.10. The fourth-order valence-electron chi connectivity index (χ4n) is 1.36. The van der Waals surface area contributed by atoms with Crippen molar-refractivity contribution in [2.24, 2.45) is 5.41 Å². The monoisotopic (exact) mass is 388 g/mol. The van der Waals surface area contributed by atoms with Crippen LogP contribution in [0.25, 0.3) is 0 Å². The van der Waals surface area contributed by atoms with E-state index in [2.05, 4.69) is 6.58 Å². The van der Waals surface area contributed by atoms with E-state index in [1.807, 2.05) is 0 Å².